The van der Waals surface area contributed by atoms with Crippen molar-refractivity contribution in [2.75, 3.05) is 0 Å². The van der Waals surface area contributed by atoms with Crippen LogP contribution in [0.25, 0.3) is 0 Å². The number of rotatable bonds is 5. The van der Waals surface area contributed by atoms with E-state index in [2.05, 4.69) is 15.6 Å². The van der Waals surface area contributed by atoms with Crippen molar-refractivity contribution in [3.05, 3.63) is 53.9 Å². The fraction of sp³-hybridized carbons (Fsp3) is 0.267. The van der Waals surface area contributed by atoms with E-state index < -0.39 is 17.8 Å². The molecule has 1 N–H and O–H groups in total. The highest BCUT2D eigenvalue weighted by Gasteiger charge is 2.33. The van der Waals surface area contributed by atoms with E-state index in [0.717, 1.165) is 22.5 Å². The van der Waals surface area contributed by atoms with Gasteiger partial charge in [-0.1, -0.05) is 37.3 Å². The summed E-state index contributed by atoms with van der Waals surface area (Å²) in [7, 11) is 0. The van der Waals surface area contributed by atoms with Gasteiger partial charge in [0.1, 0.15) is 6.54 Å². The molecule has 1 amide bonds. The standard InChI is InChI=1S/C15H15F3N4O/c1-2-12(11-6-4-3-5-7-11)19-20-14(23)10-22-9-8-13(21-22)15(16,17)18/h3-9H,2,10H2,1H3,(H,20,23)/b19-12+. The SMILES string of the molecule is CC/C(=N\NC(=O)Cn1ccc(C(F)(F)F)n1)c1ccccc1. The highest BCUT2D eigenvalue weighted by atomic mass is 19.4. The van der Waals surface area contributed by atoms with E-state index >= 15 is 0 Å². The molecule has 8 heteroatoms. The van der Waals surface area contributed by atoms with Gasteiger partial charge in [-0.3, -0.25) is 9.48 Å². The Morgan fingerprint density at radius 3 is 2.52 bits per heavy atom. The number of aromatic nitrogens is 2. The van der Waals surface area contributed by atoms with E-state index in [1.54, 1.807) is 0 Å². The Bertz CT molecular complexity index is 692. The molecule has 0 spiro atoms. The summed E-state index contributed by atoms with van der Waals surface area (Å²) in [6.07, 6.45) is -2.82. The molecule has 0 aliphatic carbocycles. The summed E-state index contributed by atoms with van der Waals surface area (Å²) in [5.41, 5.74) is 2.85. The molecule has 122 valence electrons. The van der Waals surface area contributed by atoms with E-state index in [4.69, 9.17) is 0 Å². The molecular weight excluding hydrogens is 309 g/mol. The van der Waals surface area contributed by atoms with Crippen LogP contribution < -0.4 is 5.43 Å². The molecule has 5 nitrogen and oxygen atoms in total. The van der Waals surface area contributed by atoms with Crippen molar-refractivity contribution in [1.29, 1.82) is 0 Å². The number of alkyl halides is 3. The van der Waals surface area contributed by atoms with Crippen LogP contribution in [0.3, 0.4) is 0 Å². The number of hydrazone groups is 1. The maximum atomic E-state index is 12.4. The number of benzene rings is 1. The average molecular weight is 324 g/mol. The third kappa shape index (κ3) is 4.67. The van der Waals surface area contributed by atoms with Gasteiger partial charge in [-0.15, -0.1) is 0 Å². The molecule has 0 fully saturated rings. The largest absolute Gasteiger partial charge is 0.435 e. The highest BCUT2D eigenvalue weighted by Crippen LogP contribution is 2.27. The van der Waals surface area contributed by atoms with Crippen molar-refractivity contribution in [1.82, 2.24) is 15.2 Å². The van der Waals surface area contributed by atoms with Crippen LogP contribution in [0.15, 0.2) is 47.7 Å². The summed E-state index contributed by atoms with van der Waals surface area (Å²) in [5.74, 6) is -0.552. The number of hydrogen-bond donors (Lipinski definition) is 1. The lowest BCUT2D eigenvalue weighted by molar-refractivity contribution is -0.141. The van der Waals surface area contributed by atoms with Crippen molar-refractivity contribution < 1.29 is 18.0 Å². The Morgan fingerprint density at radius 1 is 1.26 bits per heavy atom. The molecule has 2 rings (SSSR count). The molecule has 1 aromatic carbocycles. The van der Waals surface area contributed by atoms with Crippen LogP contribution in [-0.2, 0) is 17.5 Å². The first-order valence-electron chi connectivity index (χ1n) is 6.91. The van der Waals surface area contributed by atoms with Gasteiger partial charge >= 0.3 is 6.18 Å². The number of carbonyl (C=O) groups excluding carboxylic acids is 1. The normalized spacial score (nSPS) is 12.3. The lowest BCUT2D eigenvalue weighted by Gasteiger charge is -2.05. The molecule has 0 atom stereocenters. The molecule has 0 unspecified atom stereocenters. The van der Waals surface area contributed by atoms with Crippen molar-refractivity contribution in [2.24, 2.45) is 5.10 Å². The molecule has 1 aromatic heterocycles. The second-order valence-corrected chi connectivity index (χ2v) is 4.71. The molecule has 0 aliphatic rings. The van der Waals surface area contributed by atoms with Gasteiger partial charge in [-0.25, -0.2) is 5.43 Å². The predicted molar refractivity (Wildman–Crippen MR) is 78.6 cm³/mol. The maximum Gasteiger partial charge on any atom is 0.435 e. The Hall–Kier alpha value is -2.64. The Balaban J connectivity index is 1.99. The quantitative estimate of drug-likeness (QED) is 0.679. The average Bonchev–Trinajstić information content (AvgIpc) is 2.97. The van der Waals surface area contributed by atoms with Crippen LogP contribution in [0, 0.1) is 0 Å². The van der Waals surface area contributed by atoms with Gasteiger partial charge in [0.2, 0.25) is 0 Å². The Labute approximate surface area is 130 Å². The lowest BCUT2D eigenvalue weighted by Crippen LogP contribution is -2.25. The molecule has 0 bridgehead atoms. The third-order valence-electron chi connectivity index (χ3n) is 2.99. The smallest absolute Gasteiger partial charge is 0.271 e. The molecule has 0 aliphatic heterocycles. The van der Waals surface area contributed by atoms with Gasteiger partial charge in [0.05, 0.1) is 5.71 Å². The number of nitrogens with zero attached hydrogens (tertiary/aromatic N) is 3. The van der Waals surface area contributed by atoms with Crippen molar-refractivity contribution in [3.63, 3.8) is 0 Å². The topological polar surface area (TPSA) is 59.3 Å². The van der Waals surface area contributed by atoms with Gasteiger partial charge in [0, 0.05) is 6.20 Å². The van der Waals surface area contributed by atoms with E-state index in [1.807, 2.05) is 37.3 Å². The molecular formula is C15H15F3N4O. The number of hydrogen-bond acceptors (Lipinski definition) is 3. The van der Waals surface area contributed by atoms with Gasteiger partial charge in [0.25, 0.3) is 5.91 Å². The number of amides is 1. The molecule has 1 heterocycles. The summed E-state index contributed by atoms with van der Waals surface area (Å²) in [5, 5.41) is 7.33. The van der Waals surface area contributed by atoms with Crippen LogP contribution in [0.5, 0.6) is 0 Å². The summed E-state index contributed by atoms with van der Waals surface area (Å²) < 4.78 is 38.2. The number of halogens is 3. The summed E-state index contributed by atoms with van der Waals surface area (Å²) in [6.45, 7) is 1.55. The summed E-state index contributed by atoms with van der Waals surface area (Å²) in [4.78, 5) is 11.8. The van der Waals surface area contributed by atoms with E-state index in [-0.39, 0.29) is 6.54 Å². The summed E-state index contributed by atoms with van der Waals surface area (Å²) >= 11 is 0. The first-order chi connectivity index (χ1) is 10.9. The molecule has 23 heavy (non-hydrogen) atoms. The van der Waals surface area contributed by atoms with Crippen LogP contribution in [0.2, 0.25) is 0 Å². The molecule has 0 saturated carbocycles. The monoisotopic (exact) mass is 324 g/mol. The number of nitrogens with one attached hydrogen (secondary N) is 1. The zero-order chi connectivity index (χ0) is 16.9. The second-order valence-electron chi connectivity index (χ2n) is 4.71. The van der Waals surface area contributed by atoms with Gasteiger partial charge in [0.15, 0.2) is 5.69 Å². The Kier molecular flexibility index (Phi) is 5.15. The van der Waals surface area contributed by atoms with Gasteiger partial charge in [-0.2, -0.15) is 23.4 Å². The third-order valence-corrected chi connectivity index (χ3v) is 2.99. The minimum absolute atomic E-state index is 0.342. The Morgan fingerprint density at radius 2 is 1.96 bits per heavy atom. The first-order valence-corrected chi connectivity index (χ1v) is 6.91. The maximum absolute atomic E-state index is 12.4. The van der Waals surface area contributed by atoms with Gasteiger partial charge in [-0.05, 0) is 18.1 Å². The molecule has 0 radical (unpaired) electrons. The highest BCUT2D eigenvalue weighted by molar-refractivity contribution is 6.00. The lowest BCUT2D eigenvalue weighted by atomic mass is 10.1. The fourth-order valence-electron chi connectivity index (χ4n) is 1.89. The van der Waals surface area contributed by atoms with Crippen molar-refractivity contribution in [3.8, 4) is 0 Å². The summed E-state index contributed by atoms with van der Waals surface area (Å²) in [6, 6.07) is 10.1. The number of carbonyl (C=O) groups is 1. The molecule has 0 saturated heterocycles. The van der Waals surface area contributed by atoms with Crippen LogP contribution >= 0.6 is 0 Å². The van der Waals surface area contributed by atoms with Crippen molar-refractivity contribution >= 4 is 11.6 Å². The molecule has 2 aromatic rings. The van der Waals surface area contributed by atoms with Crippen molar-refractivity contribution in [2.45, 2.75) is 26.1 Å². The van der Waals surface area contributed by atoms with Crippen LogP contribution in [0.4, 0.5) is 13.2 Å². The fourth-order valence-corrected chi connectivity index (χ4v) is 1.89. The second kappa shape index (κ2) is 7.08. The predicted octanol–water partition coefficient (Wildman–Crippen LogP) is 2.83. The first kappa shape index (κ1) is 16.7. The minimum atomic E-state index is -4.53. The van der Waals surface area contributed by atoms with Gasteiger partial charge < -0.3 is 0 Å². The van der Waals surface area contributed by atoms with E-state index in [1.165, 1.54) is 0 Å². The van der Waals surface area contributed by atoms with Crippen LogP contribution in [0.1, 0.15) is 24.6 Å². The van der Waals surface area contributed by atoms with E-state index in [9.17, 15) is 18.0 Å². The zero-order valence-corrected chi connectivity index (χ0v) is 12.3. The zero-order valence-electron chi connectivity index (χ0n) is 12.3. The van der Waals surface area contributed by atoms with Crippen LogP contribution in [-0.4, -0.2) is 21.4 Å². The minimum Gasteiger partial charge on any atom is -0.271 e. The van der Waals surface area contributed by atoms with E-state index in [0.29, 0.717) is 12.1 Å².